The van der Waals surface area contributed by atoms with Crippen molar-refractivity contribution in [1.29, 1.82) is 0 Å². The van der Waals surface area contributed by atoms with E-state index in [0.717, 1.165) is 37.9 Å². The lowest BCUT2D eigenvalue weighted by molar-refractivity contribution is 0.320. The average Bonchev–Trinajstić information content (AvgIpc) is 2.92. The Hall–Kier alpha value is -1.07. The molecule has 0 bridgehead atoms. The number of nitrogens with one attached hydrogen (secondary N) is 2. The normalized spacial score (nSPS) is 28.3. The smallest absolute Gasteiger partial charge is 0.124 e. The molecule has 1 aliphatic carbocycles. The topological polar surface area (TPSA) is 67.9 Å². The van der Waals surface area contributed by atoms with Crippen molar-refractivity contribution in [1.82, 2.24) is 15.1 Å². The van der Waals surface area contributed by atoms with E-state index in [1.165, 1.54) is 19.3 Å². The van der Waals surface area contributed by atoms with Gasteiger partial charge in [0.1, 0.15) is 5.82 Å². The van der Waals surface area contributed by atoms with Crippen LogP contribution >= 0.6 is 0 Å². The van der Waals surface area contributed by atoms with E-state index in [4.69, 9.17) is 5.73 Å². The maximum Gasteiger partial charge on any atom is 0.124 e. The van der Waals surface area contributed by atoms with E-state index >= 15 is 0 Å². The highest BCUT2D eigenvalue weighted by atomic mass is 15.4. The molecule has 1 aromatic heterocycles. The van der Waals surface area contributed by atoms with E-state index < -0.39 is 0 Å². The third-order valence-electron chi connectivity index (χ3n) is 4.44. The van der Waals surface area contributed by atoms with Crippen LogP contribution in [0.4, 0.5) is 5.82 Å². The zero-order valence-electron chi connectivity index (χ0n) is 10.8. The number of nitrogens with zero attached hydrogens (tertiary/aromatic N) is 2. The molecule has 0 unspecified atom stereocenters. The maximum absolute atomic E-state index is 5.83. The first-order valence-corrected chi connectivity index (χ1v) is 7.06. The van der Waals surface area contributed by atoms with E-state index in [9.17, 15) is 0 Å². The molecule has 1 saturated heterocycles. The molecule has 4 N–H and O–H groups in total. The highest BCUT2D eigenvalue weighted by molar-refractivity contribution is 5.35. The van der Waals surface area contributed by atoms with Gasteiger partial charge in [-0.3, -0.25) is 0 Å². The standard InChI is InChI=1S/C13H23N5/c14-6-10-2-1-3-11(10)7-16-13-4-5-17-18(13)12-8-15-9-12/h4-5,10-12,15-16H,1-3,6-9,14H2/t10-,11+/m1/s1. The molecule has 1 aliphatic heterocycles. The summed E-state index contributed by atoms with van der Waals surface area (Å²) in [5.41, 5.74) is 5.83. The van der Waals surface area contributed by atoms with Crippen LogP contribution in [0.5, 0.6) is 0 Å². The van der Waals surface area contributed by atoms with E-state index in [0.29, 0.717) is 12.0 Å². The summed E-state index contributed by atoms with van der Waals surface area (Å²) < 4.78 is 2.11. The Bertz CT molecular complexity index is 384. The van der Waals surface area contributed by atoms with Crippen LogP contribution in [0.1, 0.15) is 25.3 Å². The predicted octanol–water partition coefficient (Wildman–Crippen LogP) is 0.814. The molecule has 3 rings (SSSR count). The van der Waals surface area contributed by atoms with Gasteiger partial charge in [-0.1, -0.05) is 6.42 Å². The molecule has 1 aromatic rings. The summed E-state index contributed by atoms with van der Waals surface area (Å²) in [5, 5.41) is 11.3. The van der Waals surface area contributed by atoms with Crippen molar-refractivity contribution in [3.05, 3.63) is 12.3 Å². The fourth-order valence-corrected chi connectivity index (χ4v) is 3.12. The number of nitrogens with two attached hydrogens (primary N) is 1. The summed E-state index contributed by atoms with van der Waals surface area (Å²) in [6, 6.07) is 2.60. The van der Waals surface area contributed by atoms with Crippen molar-refractivity contribution in [2.45, 2.75) is 25.3 Å². The molecule has 5 nitrogen and oxygen atoms in total. The van der Waals surface area contributed by atoms with Crippen molar-refractivity contribution in [3.8, 4) is 0 Å². The monoisotopic (exact) mass is 249 g/mol. The third-order valence-corrected chi connectivity index (χ3v) is 4.44. The molecule has 2 atom stereocenters. The number of aromatic nitrogens is 2. The minimum atomic E-state index is 0.524. The lowest BCUT2D eigenvalue weighted by Crippen LogP contribution is -2.44. The molecule has 0 aromatic carbocycles. The molecule has 0 spiro atoms. The van der Waals surface area contributed by atoms with Crippen LogP contribution in [-0.4, -0.2) is 36.0 Å². The van der Waals surface area contributed by atoms with Crippen LogP contribution in [-0.2, 0) is 0 Å². The second-order valence-electron chi connectivity index (χ2n) is 5.54. The first-order valence-electron chi connectivity index (χ1n) is 7.06. The fourth-order valence-electron chi connectivity index (χ4n) is 3.12. The quantitative estimate of drug-likeness (QED) is 0.722. The Balaban J connectivity index is 1.57. The Morgan fingerprint density at radius 2 is 2.22 bits per heavy atom. The zero-order chi connectivity index (χ0) is 12.4. The SMILES string of the molecule is NC[C@H]1CCC[C@H]1CNc1ccnn1C1CNC1. The zero-order valence-corrected chi connectivity index (χ0v) is 10.8. The molecule has 18 heavy (non-hydrogen) atoms. The van der Waals surface area contributed by atoms with Crippen molar-refractivity contribution in [2.24, 2.45) is 17.6 Å². The Labute approximate surface area is 108 Å². The molecule has 2 fully saturated rings. The number of hydrogen-bond acceptors (Lipinski definition) is 4. The van der Waals surface area contributed by atoms with Crippen LogP contribution < -0.4 is 16.4 Å². The average molecular weight is 249 g/mol. The van der Waals surface area contributed by atoms with Crippen LogP contribution in [0.15, 0.2) is 12.3 Å². The van der Waals surface area contributed by atoms with Crippen LogP contribution in [0.3, 0.4) is 0 Å². The van der Waals surface area contributed by atoms with Gasteiger partial charge in [0.25, 0.3) is 0 Å². The lowest BCUT2D eigenvalue weighted by atomic mass is 9.96. The fraction of sp³-hybridized carbons (Fsp3) is 0.769. The van der Waals surface area contributed by atoms with Gasteiger partial charge in [-0.2, -0.15) is 5.10 Å². The van der Waals surface area contributed by atoms with E-state index in [1.807, 2.05) is 6.20 Å². The Morgan fingerprint density at radius 3 is 2.94 bits per heavy atom. The van der Waals surface area contributed by atoms with Gasteiger partial charge in [0.2, 0.25) is 0 Å². The minimum Gasteiger partial charge on any atom is -0.370 e. The molecule has 5 heteroatoms. The lowest BCUT2D eigenvalue weighted by Gasteiger charge is -2.29. The van der Waals surface area contributed by atoms with Crippen LogP contribution in [0, 0.1) is 11.8 Å². The summed E-state index contributed by atoms with van der Waals surface area (Å²) in [6.45, 7) is 3.93. The van der Waals surface area contributed by atoms with Gasteiger partial charge in [-0.05, 0) is 31.2 Å². The third kappa shape index (κ3) is 2.24. The molecule has 0 amide bonds. The summed E-state index contributed by atoms with van der Waals surface area (Å²) in [5.74, 6) is 2.60. The molecule has 2 aliphatic rings. The minimum absolute atomic E-state index is 0.524. The summed E-state index contributed by atoms with van der Waals surface area (Å²) in [6.07, 6.45) is 5.83. The summed E-state index contributed by atoms with van der Waals surface area (Å²) in [4.78, 5) is 0. The highest BCUT2D eigenvalue weighted by Crippen LogP contribution is 2.31. The van der Waals surface area contributed by atoms with Crippen LogP contribution in [0.2, 0.25) is 0 Å². The number of hydrogen-bond donors (Lipinski definition) is 3. The van der Waals surface area contributed by atoms with Crippen LogP contribution in [0.25, 0.3) is 0 Å². The van der Waals surface area contributed by atoms with Gasteiger partial charge in [0.15, 0.2) is 0 Å². The first kappa shape index (κ1) is 12.0. The van der Waals surface area contributed by atoms with Gasteiger partial charge < -0.3 is 16.4 Å². The van der Waals surface area contributed by atoms with Crippen molar-refractivity contribution in [3.63, 3.8) is 0 Å². The molecular formula is C13H23N5. The van der Waals surface area contributed by atoms with Crippen molar-refractivity contribution < 1.29 is 0 Å². The van der Waals surface area contributed by atoms with Gasteiger partial charge in [0, 0.05) is 25.7 Å². The summed E-state index contributed by atoms with van der Waals surface area (Å²) in [7, 11) is 0. The Kier molecular flexibility index (Phi) is 3.52. The molecule has 100 valence electrons. The summed E-state index contributed by atoms with van der Waals surface area (Å²) >= 11 is 0. The van der Waals surface area contributed by atoms with Gasteiger partial charge in [-0.25, -0.2) is 4.68 Å². The van der Waals surface area contributed by atoms with Crippen molar-refractivity contribution >= 4 is 5.82 Å². The van der Waals surface area contributed by atoms with Gasteiger partial charge in [0.05, 0.1) is 12.2 Å². The number of anilines is 1. The van der Waals surface area contributed by atoms with Gasteiger partial charge in [-0.15, -0.1) is 0 Å². The van der Waals surface area contributed by atoms with E-state index in [2.05, 4.69) is 26.5 Å². The molecule has 2 heterocycles. The van der Waals surface area contributed by atoms with E-state index in [-0.39, 0.29) is 0 Å². The van der Waals surface area contributed by atoms with Crippen molar-refractivity contribution in [2.75, 3.05) is 31.5 Å². The Morgan fingerprint density at radius 1 is 1.39 bits per heavy atom. The highest BCUT2D eigenvalue weighted by Gasteiger charge is 2.26. The number of rotatable bonds is 5. The molecular weight excluding hydrogens is 226 g/mol. The molecule has 0 radical (unpaired) electrons. The largest absolute Gasteiger partial charge is 0.370 e. The van der Waals surface area contributed by atoms with E-state index in [1.54, 1.807) is 0 Å². The second kappa shape index (κ2) is 5.28. The molecule has 1 saturated carbocycles. The van der Waals surface area contributed by atoms with Gasteiger partial charge >= 0.3 is 0 Å². The second-order valence-corrected chi connectivity index (χ2v) is 5.54. The predicted molar refractivity (Wildman–Crippen MR) is 72.5 cm³/mol. The first-order chi connectivity index (χ1) is 8.88. The maximum atomic E-state index is 5.83.